The number of hydrazone groups is 1. The number of rotatable bonds is 7. The number of nitrogens with zero attached hydrogens (tertiary/aromatic N) is 1. The molecule has 0 fully saturated rings. The summed E-state index contributed by atoms with van der Waals surface area (Å²) >= 11 is 0. The molecule has 3 rings (SSSR count). The Morgan fingerprint density at radius 2 is 1.63 bits per heavy atom. The molecular weight excluding hydrogens is 372 g/mol. The minimum Gasteiger partial charge on any atom is -0.483 e. The Bertz CT molecular complexity index is 1020. The van der Waals surface area contributed by atoms with Gasteiger partial charge in [0.1, 0.15) is 5.75 Å². The van der Waals surface area contributed by atoms with E-state index < -0.39 is 0 Å². The van der Waals surface area contributed by atoms with Crippen LogP contribution in [0.5, 0.6) is 5.75 Å². The van der Waals surface area contributed by atoms with Crippen LogP contribution in [0.3, 0.4) is 0 Å². The maximum Gasteiger partial charge on any atom is 0.277 e. The second-order valence-electron chi connectivity index (χ2n) is 7.66. The summed E-state index contributed by atoms with van der Waals surface area (Å²) < 4.78 is 5.76. The van der Waals surface area contributed by atoms with Gasteiger partial charge in [0.15, 0.2) is 6.61 Å². The predicted octanol–water partition coefficient (Wildman–Crippen LogP) is 5.70. The monoisotopic (exact) mass is 400 g/mol. The third kappa shape index (κ3) is 5.57. The van der Waals surface area contributed by atoms with Gasteiger partial charge in [-0.1, -0.05) is 80.6 Å². The first-order valence-corrected chi connectivity index (χ1v) is 10.2. The summed E-state index contributed by atoms with van der Waals surface area (Å²) in [6, 6.07) is 24.4. The lowest BCUT2D eigenvalue weighted by molar-refractivity contribution is -0.123. The van der Waals surface area contributed by atoms with Crippen LogP contribution >= 0.6 is 0 Å². The third-order valence-corrected chi connectivity index (χ3v) is 4.91. The third-order valence-electron chi connectivity index (χ3n) is 4.91. The van der Waals surface area contributed by atoms with Crippen LogP contribution in [0.15, 0.2) is 77.9 Å². The highest BCUT2D eigenvalue weighted by Crippen LogP contribution is 2.27. The largest absolute Gasteiger partial charge is 0.483 e. The molecule has 3 aromatic carbocycles. The van der Waals surface area contributed by atoms with Gasteiger partial charge in [0.05, 0.1) is 5.71 Å². The molecule has 0 bridgehead atoms. The summed E-state index contributed by atoms with van der Waals surface area (Å²) in [5.41, 5.74) is 8.78. The van der Waals surface area contributed by atoms with Crippen molar-refractivity contribution in [1.82, 2.24) is 5.43 Å². The smallest absolute Gasteiger partial charge is 0.277 e. The summed E-state index contributed by atoms with van der Waals surface area (Å²) in [5, 5.41) is 4.22. The van der Waals surface area contributed by atoms with Gasteiger partial charge in [-0.05, 0) is 53.6 Å². The standard InChI is InChI=1S/C26H28N2O2/c1-18(2)24-15-10-19(3)16-25(24)30-17-26(29)28-27-20(4)21-11-13-23(14-12-21)22-8-6-5-7-9-22/h5-16,18H,17H2,1-4H3,(H,28,29). The number of amides is 1. The van der Waals surface area contributed by atoms with E-state index in [1.165, 1.54) is 5.56 Å². The zero-order chi connectivity index (χ0) is 21.5. The van der Waals surface area contributed by atoms with Crippen LogP contribution in [0.2, 0.25) is 0 Å². The van der Waals surface area contributed by atoms with E-state index in [9.17, 15) is 4.79 Å². The molecule has 0 saturated carbocycles. The number of ether oxygens (including phenoxy) is 1. The first-order valence-electron chi connectivity index (χ1n) is 10.2. The Kier molecular flexibility index (Phi) is 7.02. The van der Waals surface area contributed by atoms with Gasteiger partial charge in [0.25, 0.3) is 5.91 Å². The lowest BCUT2D eigenvalue weighted by Gasteiger charge is -2.14. The Balaban J connectivity index is 1.59. The first-order chi connectivity index (χ1) is 14.4. The Morgan fingerprint density at radius 1 is 0.967 bits per heavy atom. The summed E-state index contributed by atoms with van der Waals surface area (Å²) in [6.45, 7) is 8.01. The van der Waals surface area contributed by atoms with E-state index in [1.807, 2.05) is 50.2 Å². The van der Waals surface area contributed by atoms with Crippen LogP contribution in [-0.2, 0) is 4.79 Å². The van der Waals surface area contributed by atoms with Crippen LogP contribution in [0, 0.1) is 6.92 Å². The molecule has 1 amide bonds. The highest BCUT2D eigenvalue weighted by molar-refractivity contribution is 5.99. The van der Waals surface area contributed by atoms with Gasteiger partial charge in [-0.2, -0.15) is 5.10 Å². The van der Waals surface area contributed by atoms with E-state index >= 15 is 0 Å². The van der Waals surface area contributed by atoms with Gasteiger partial charge in [-0.25, -0.2) is 5.43 Å². The molecule has 0 atom stereocenters. The molecule has 0 aliphatic carbocycles. The average Bonchev–Trinajstić information content (AvgIpc) is 2.76. The van der Waals surface area contributed by atoms with Crippen molar-refractivity contribution in [1.29, 1.82) is 0 Å². The van der Waals surface area contributed by atoms with Crippen molar-refractivity contribution in [2.24, 2.45) is 5.10 Å². The minimum atomic E-state index is -0.286. The number of hydrogen-bond donors (Lipinski definition) is 1. The first kappa shape index (κ1) is 21.3. The topological polar surface area (TPSA) is 50.7 Å². The van der Waals surface area contributed by atoms with Crippen molar-refractivity contribution in [3.05, 3.63) is 89.5 Å². The van der Waals surface area contributed by atoms with Gasteiger partial charge in [-0.3, -0.25) is 4.79 Å². The molecule has 0 unspecified atom stereocenters. The Labute approximate surface area is 178 Å². The van der Waals surface area contributed by atoms with Crippen molar-refractivity contribution >= 4 is 11.6 Å². The maximum absolute atomic E-state index is 12.2. The zero-order valence-electron chi connectivity index (χ0n) is 18.0. The highest BCUT2D eigenvalue weighted by atomic mass is 16.5. The van der Waals surface area contributed by atoms with Crippen LogP contribution < -0.4 is 10.2 Å². The molecule has 0 aliphatic rings. The number of carbonyl (C=O) groups is 1. The molecule has 0 radical (unpaired) electrons. The molecule has 30 heavy (non-hydrogen) atoms. The van der Waals surface area contributed by atoms with Crippen LogP contribution in [0.4, 0.5) is 0 Å². The zero-order valence-corrected chi connectivity index (χ0v) is 18.0. The average molecular weight is 401 g/mol. The van der Waals surface area contributed by atoms with E-state index in [0.717, 1.165) is 33.7 Å². The van der Waals surface area contributed by atoms with E-state index in [4.69, 9.17) is 4.74 Å². The second-order valence-corrected chi connectivity index (χ2v) is 7.66. The molecule has 154 valence electrons. The molecule has 0 aliphatic heterocycles. The SMILES string of the molecule is CC(=NNC(=O)COc1cc(C)ccc1C(C)C)c1ccc(-c2ccccc2)cc1. The van der Waals surface area contributed by atoms with Crippen LogP contribution in [-0.4, -0.2) is 18.2 Å². The lowest BCUT2D eigenvalue weighted by Crippen LogP contribution is -2.26. The highest BCUT2D eigenvalue weighted by Gasteiger charge is 2.10. The van der Waals surface area contributed by atoms with Crippen molar-refractivity contribution in [3.63, 3.8) is 0 Å². The minimum absolute atomic E-state index is 0.0765. The molecule has 4 heteroatoms. The normalized spacial score (nSPS) is 11.4. The fourth-order valence-corrected chi connectivity index (χ4v) is 3.16. The van der Waals surface area contributed by atoms with E-state index in [2.05, 4.69) is 60.8 Å². The maximum atomic E-state index is 12.2. The fourth-order valence-electron chi connectivity index (χ4n) is 3.16. The Hall–Kier alpha value is -3.40. The molecular formula is C26H28N2O2. The van der Waals surface area contributed by atoms with E-state index in [-0.39, 0.29) is 12.5 Å². The van der Waals surface area contributed by atoms with Crippen LogP contribution in [0.25, 0.3) is 11.1 Å². The van der Waals surface area contributed by atoms with Crippen molar-refractivity contribution in [3.8, 4) is 16.9 Å². The molecule has 0 heterocycles. The number of benzene rings is 3. The van der Waals surface area contributed by atoms with Crippen molar-refractivity contribution in [2.45, 2.75) is 33.6 Å². The molecule has 0 saturated heterocycles. The summed E-state index contributed by atoms with van der Waals surface area (Å²) in [5.74, 6) is 0.784. The van der Waals surface area contributed by atoms with Gasteiger partial charge < -0.3 is 4.74 Å². The van der Waals surface area contributed by atoms with E-state index in [1.54, 1.807) is 0 Å². The van der Waals surface area contributed by atoms with Gasteiger partial charge in [-0.15, -0.1) is 0 Å². The number of nitrogens with one attached hydrogen (secondary N) is 1. The summed E-state index contributed by atoms with van der Waals surface area (Å²) in [4.78, 5) is 12.2. The second kappa shape index (κ2) is 9.88. The van der Waals surface area contributed by atoms with Gasteiger partial charge in [0, 0.05) is 0 Å². The summed E-state index contributed by atoms with van der Waals surface area (Å²) in [6.07, 6.45) is 0. The molecule has 1 N–H and O–H groups in total. The van der Waals surface area contributed by atoms with Gasteiger partial charge >= 0.3 is 0 Å². The molecule has 0 aromatic heterocycles. The lowest BCUT2D eigenvalue weighted by atomic mass is 10.0. The quantitative estimate of drug-likeness (QED) is 0.408. The predicted molar refractivity (Wildman–Crippen MR) is 123 cm³/mol. The number of hydrogen-bond acceptors (Lipinski definition) is 3. The Morgan fingerprint density at radius 3 is 2.30 bits per heavy atom. The van der Waals surface area contributed by atoms with Gasteiger partial charge in [0.2, 0.25) is 0 Å². The molecule has 4 nitrogen and oxygen atoms in total. The van der Waals surface area contributed by atoms with Crippen molar-refractivity contribution < 1.29 is 9.53 Å². The molecule has 3 aromatic rings. The number of aryl methyl sites for hydroxylation is 1. The fraction of sp³-hybridized carbons (Fsp3) is 0.231. The van der Waals surface area contributed by atoms with E-state index in [0.29, 0.717) is 5.92 Å². The summed E-state index contributed by atoms with van der Waals surface area (Å²) in [7, 11) is 0. The molecule has 0 spiro atoms. The number of carbonyl (C=O) groups excluding carboxylic acids is 1. The van der Waals surface area contributed by atoms with Crippen LogP contribution in [0.1, 0.15) is 43.4 Å². The van der Waals surface area contributed by atoms with Crippen molar-refractivity contribution in [2.75, 3.05) is 6.61 Å².